The number of benzene rings is 1. The Morgan fingerprint density at radius 1 is 1.32 bits per heavy atom. The minimum Gasteiger partial charge on any atom is -0.336 e. The molecule has 112 valence electrons. The molecule has 22 heavy (non-hydrogen) atoms. The van der Waals surface area contributed by atoms with Crippen molar-refractivity contribution in [2.75, 3.05) is 6.54 Å². The molecule has 2 aromatic heterocycles. The van der Waals surface area contributed by atoms with Crippen molar-refractivity contribution in [1.29, 1.82) is 0 Å². The van der Waals surface area contributed by atoms with Gasteiger partial charge in [0, 0.05) is 18.0 Å². The number of rotatable bonds is 2. The molecule has 4 rings (SSSR count). The number of carbonyl (C=O) groups is 1. The molecule has 1 aliphatic heterocycles. The zero-order valence-corrected chi connectivity index (χ0v) is 13.3. The number of aryl methyl sites for hydroxylation is 1. The van der Waals surface area contributed by atoms with Crippen molar-refractivity contribution < 1.29 is 4.79 Å². The van der Waals surface area contributed by atoms with Crippen LogP contribution >= 0.6 is 11.3 Å². The third-order valence-electron chi connectivity index (χ3n) is 4.30. The van der Waals surface area contributed by atoms with Gasteiger partial charge in [0.2, 0.25) is 5.91 Å². The number of carbonyl (C=O) groups excluding carboxylic acids is 1. The Labute approximate surface area is 133 Å². The Morgan fingerprint density at radius 3 is 3.09 bits per heavy atom. The van der Waals surface area contributed by atoms with E-state index >= 15 is 0 Å². The minimum atomic E-state index is 0.170. The highest BCUT2D eigenvalue weighted by atomic mass is 32.1. The van der Waals surface area contributed by atoms with Crippen LogP contribution in [0.5, 0.6) is 0 Å². The molecule has 0 fully saturated rings. The third-order valence-corrected chi connectivity index (χ3v) is 5.32. The van der Waals surface area contributed by atoms with Gasteiger partial charge >= 0.3 is 0 Å². The number of para-hydroxylation sites is 2. The summed E-state index contributed by atoms with van der Waals surface area (Å²) >= 11 is 1.80. The van der Waals surface area contributed by atoms with Gasteiger partial charge < -0.3 is 9.47 Å². The summed E-state index contributed by atoms with van der Waals surface area (Å²) < 4.78 is 2.01. The quantitative estimate of drug-likeness (QED) is 0.730. The molecule has 4 nitrogen and oxygen atoms in total. The van der Waals surface area contributed by atoms with Crippen molar-refractivity contribution in [2.24, 2.45) is 0 Å². The van der Waals surface area contributed by atoms with E-state index < -0.39 is 0 Å². The number of imidazole rings is 1. The normalized spacial score (nSPS) is 14.3. The zero-order chi connectivity index (χ0) is 15.1. The molecule has 3 heterocycles. The molecule has 1 aromatic carbocycles. The lowest BCUT2D eigenvalue weighted by Crippen LogP contribution is -2.37. The van der Waals surface area contributed by atoms with Crippen LogP contribution in [0.1, 0.15) is 16.3 Å². The van der Waals surface area contributed by atoms with E-state index in [1.54, 1.807) is 11.3 Å². The molecule has 0 N–H and O–H groups in total. The van der Waals surface area contributed by atoms with Gasteiger partial charge in [0.05, 0.1) is 11.0 Å². The van der Waals surface area contributed by atoms with Gasteiger partial charge in [0.25, 0.3) is 0 Å². The maximum absolute atomic E-state index is 12.7. The first kappa shape index (κ1) is 13.5. The van der Waals surface area contributed by atoms with Crippen molar-refractivity contribution >= 4 is 28.3 Å². The first-order chi connectivity index (χ1) is 10.7. The van der Waals surface area contributed by atoms with E-state index in [1.807, 2.05) is 40.7 Å². The Balaban J connectivity index is 1.58. The summed E-state index contributed by atoms with van der Waals surface area (Å²) in [6.07, 6.45) is 0.975. The summed E-state index contributed by atoms with van der Waals surface area (Å²) in [6.45, 7) is 3.88. The molecule has 0 bridgehead atoms. The summed E-state index contributed by atoms with van der Waals surface area (Å²) in [6, 6.07) is 10.1. The van der Waals surface area contributed by atoms with Gasteiger partial charge in [0.1, 0.15) is 12.4 Å². The summed E-state index contributed by atoms with van der Waals surface area (Å²) in [5, 5.41) is 2.12. The van der Waals surface area contributed by atoms with Gasteiger partial charge in [-0.3, -0.25) is 4.79 Å². The van der Waals surface area contributed by atoms with E-state index in [0.29, 0.717) is 6.54 Å². The van der Waals surface area contributed by atoms with Gasteiger partial charge in [-0.25, -0.2) is 4.98 Å². The molecular weight excluding hydrogens is 294 g/mol. The minimum absolute atomic E-state index is 0.170. The smallest absolute Gasteiger partial charge is 0.242 e. The zero-order valence-electron chi connectivity index (χ0n) is 12.5. The van der Waals surface area contributed by atoms with Crippen molar-refractivity contribution in [3.8, 4) is 0 Å². The first-order valence-electron chi connectivity index (χ1n) is 7.47. The lowest BCUT2D eigenvalue weighted by atomic mass is 10.1. The maximum atomic E-state index is 12.7. The number of hydrogen-bond donors (Lipinski definition) is 0. The predicted octanol–water partition coefficient (Wildman–Crippen LogP) is 2.99. The SMILES string of the molecule is Cc1nc2ccccc2n1CC(=O)N1CCc2sccc2C1. The van der Waals surface area contributed by atoms with Crippen molar-refractivity contribution in [3.05, 3.63) is 52.0 Å². The molecular formula is C17H17N3OS. The summed E-state index contributed by atoms with van der Waals surface area (Å²) in [5.74, 6) is 1.06. The summed E-state index contributed by atoms with van der Waals surface area (Å²) in [5.41, 5.74) is 3.28. The standard InChI is InChI=1S/C17H17N3OS/c1-12-18-14-4-2-3-5-15(14)20(12)11-17(21)19-8-6-16-13(10-19)7-9-22-16/h2-5,7,9H,6,8,10-11H2,1H3. The molecule has 1 aliphatic rings. The highest BCUT2D eigenvalue weighted by Gasteiger charge is 2.22. The average molecular weight is 311 g/mol. The molecule has 5 heteroatoms. The van der Waals surface area contributed by atoms with Crippen LogP contribution in [0.25, 0.3) is 11.0 Å². The monoisotopic (exact) mass is 311 g/mol. The number of hydrogen-bond acceptors (Lipinski definition) is 3. The molecule has 0 radical (unpaired) electrons. The van der Waals surface area contributed by atoms with Gasteiger partial charge in [-0.2, -0.15) is 0 Å². The molecule has 1 amide bonds. The van der Waals surface area contributed by atoms with Crippen LogP contribution in [-0.4, -0.2) is 26.9 Å². The molecule has 3 aromatic rings. The van der Waals surface area contributed by atoms with Crippen molar-refractivity contribution in [3.63, 3.8) is 0 Å². The highest BCUT2D eigenvalue weighted by molar-refractivity contribution is 7.10. The second-order valence-electron chi connectivity index (χ2n) is 5.67. The van der Waals surface area contributed by atoms with E-state index in [1.165, 1.54) is 10.4 Å². The van der Waals surface area contributed by atoms with Gasteiger partial charge in [0.15, 0.2) is 0 Å². The van der Waals surface area contributed by atoms with Gasteiger partial charge in [-0.05, 0) is 42.5 Å². The van der Waals surface area contributed by atoms with Crippen LogP contribution in [0.2, 0.25) is 0 Å². The first-order valence-corrected chi connectivity index (χ1v) is 8.35. The van der Waals surface area contributed by atoms with Crippen LogP contribution in [0, 0.1) is 6.92 Å². The molecule has 0 saturated carbocycles. The number of nitrogens with zero attached hydrogens (tertiary/aromatic N) is 3. The van der Waals surface area contributed by atoms with Crippen molar-refractivity contribution in [2.45, 2.75) is 26.4 Å². The molecule has 0 aliphatic carbocycles. The number of fused-ring (bicyclic) bond motifs is 2. The Bertz CT molecular complexity index is 849. The summed E-state index contributed by atoms with van der Waals surface area (Å²) in [4.78, 5) is 20.6. The lowest BCUT2D eigenvalue weighted by Gasteiger charge is -2.27. The predicted molar refractivity (Wildman–Crippen MR) is 87.9 cm³/mol. The average Bonchev–Trinajstić information content (AvgIpc) is 3.11. The fourth-order valence-electron chi connectivity index (χ4n) is 3.09. The Kier molecular flexibility index (Phi) is 3.22. The molecule has 0 unspecified atom stereocenters. The van der Waals surface area contributed by atoms with Crippen LogP contribution in [0.15, 0.2) is 35.7 Å². The topological polar surface area (TPSA) is 38.1 Å². The van der Waals surface area contributed by atoms with E-state index in [2.05, 4.69) is 16.4 Å². The van der Waals surface area contributed by atoms with Gasteiger partial charge in [-0.15, -0.1) is 11.3 Å². The Morgan fingerprint density at radius 2 is 2.18 bits per heavy atom. The molecule has 0 saturated heterocycles. The van der Waals surface area contributed by atoms with E-state index in [4.69, 9.17) is 0 Å². The number of thiophene rings is 1. The Hall–Kier alpha value is -2.14. The maximum Gasteiger partial charge on any atom is 0.242 e. The fourth-order valence-corrected chi connectivity index (χ4v) is 3.98. The van der Waals surface area contributed by atoms with E-state index in [-0.39, 0.29) is 5.91 Å². The highest BCUT2D eigenvalue weighted by Crippen LogP contribution is 2.24. The fraction of sp³-hybridized carbons (Fsp3) is 0.294. The third kappa shape index (κ3) is 2.22. The second kappa shape index (κ2) is 5.25. The largest absolute Gasteiger partial charge is 0.336 e. The molecule has 0 atom stereocenters. The lowest BCUT2D eigenvalue weighted by molar-refractivity contribution is -0.132. The van der Waals surface area contributed by atoms with Crippen LogP contribution in [-0.2, 0) is 24.3 Å². The van der Waals surface area contributed by atoms with Gasteiger partial charge in [-0.1, -0.05) is 12.1 Å². The number of amides is 1. The van der Waals surface area contributed by atoms with Crippen LogP contribution in [0.3, 0.4) is 0 Å². The summed E-state index contributed by atoms with van der Waals surface area (Å²) in [7, 11) is 0. The van der Waals surface area contributed by atoms with E-state index in [9.17, 15) is 4.79 Å². The second-order valence-corrected chi connectivity index (χ2v) is 6.67. The number of aromatic nitrogens is 2. The molecule has 0 spiro atoms. The van der Waals surface area contributed by atoms with E-state index in [0.717, 1.165) is 36.4 Å². The van der Waals surface area contributed by atoms with Crippen LogP contribution < -0.4 is 0 Å². The van der Waals surface area contributed by atoms with Crippen molar-refractivity contribution in [1.82, 2.24) is 14.5 Å². The van der Waals surface area contributed by atoms with Crippen LogP contribution in [0.4, 0.5) is 0 Å².